The lowest BCUT2D eigenvalue weighted by atomic mass is 10.1. The van der Waals surface area contributed by atoms with Gasteiger partial charge in [0, 0.05) is 12.1 Å². The van der Waals surface area contributed by atoms with Crippen LogP contribution in [0, 0.1) is 5.82 Å². The Kier molecular flexibility index (Phi) is 2.79. The number of halogens is 1. The first-order chi connectivity index (χ1) is 6.79. The van der Waals surface area contributed by atoms with E-state index in [1.807, 2.05) is 0 Å². The average molecular weight is 195 g/mol. The summed E-state index contributed by atoms with van der Waals surface area (Å²) in [6.07, 6.45) is 2.00. The molecule has 1 aromatic carbocycles. The summed E-state index contributed by atoms with van der Waals surface area (Å²) in [6, 6.07) is 7.02. The summed E-state index contributed by atoms with van der Waals surface area (Å²) >= 11 is 0. The fourth-order valence-electron chi connectivity index (χ4n) is 1.92. The van der Waals surface area contributed by atoms with E-state index in [0.29, 0.717) is 0 Å². The van der Waals surface area contributed by atoms with Gasteiger partial charge in [-0.05, 0) is 30.5 Å². The zero-order chi connectivity index (χ0) is 9.97. The van der Waals surface area contributed by atoms with Gasteiger partial charge in [0.1, 0.15) is 5.82 Å². The highest BCUT2D eigenvalue weighted by molar-refractivity contribution is 5.21. The highest BCUT2D eigenvalue weighted by Gasteiger charge is 2.23. The Balaban J connectivity index is 2.06. The first kappa shape index (κ1) is 9.62. The molecule has 2 rings (SSSR count). The Hall–Kier alpha value is -0.930. The van der Waals surface area contributed by atoms with Crippen LogP contribution < -0.4 is 5.32 Å². The first-order valence-electron chi connectivity index (χ1n) is 4.92. The molecule has 0 aliphatic carbocycles. The van der Waals surface area contributed by atoms with Crippen molar-refractivity contribution >= 4 is 0 Å². The van der Waals surface area contributed by atoms with Gasteiger partial charge in [-0.25, -0.2) is 4.39 Å². The molecule has 0 aromatic heterocycles. The Bertz CT molecular complexity index is 299. The third-order valence-corrected chi connectivity index (χ3v) is 2.73. The van der Waals surface area contributed by atoms with Crippen molar-refractivity contribution in [2.75, 3.05) is 6.61 Å². The molecule has 1 aliphatic rings. The van der Waals surface area contributed by atoms with E-state index in [9.17, 15) is 4.39 Å². The molecule has 0 saturated carbocycles. The van der Waals surface area contributed by atoms with Gasteiger partial charge in [0.25, 0.3) is 0 Å². The maximum absolute atomic E-state index is 12.7. The van der Waals surface area contributed by atoms with E-state index < -0.39 is 0 Å². The molecule has 1 aliphatic heterocycles. The zero-order valence-corrected chi connectivity index (χ0v) is 7.91. The first-order valence-corrected chi connectivity index (χ1v) is 4.92. The minimum Gasteiger partial charge on any atom is -0.395 e. The maximum Gasteiger partial charge on any atom is 0.123 e. The van der Waals surface area contributed by atoms with Crippen LogP contribution in [0.25, 0.3) is 0 Å². The van der Waals surface area contributed by atoms with Gasteiger partial charge in [-0.15, -0.1) is 0 Å². The molecule has 14 heavy (non-hydrogen) atoms. The molecule has 1 fully saturated rings. The Morgan fingerprint density at radius 2 is 2.00 bits per heavy atom. The number of aliphatic hydroxyl groups is 1. The van der Waals surface area contributed by atoms with Crippen LogP contribution >= 0.6 is 0 Å². The van der Waals surface area contributed by atoms with Gasteiger partial charge in [-0.3, -0.25) is 0 Å². The standard InChI is InChI=1S/C11H14FNO/c12-9-3-1-8(2-4-9)11-6-5-10(7-14)13-11/h1-4,10-11,13-14H,5-7H2/t10-,11-/m1/s1. The van der Waals surface area contributed by atoms with Gasteiger partial charge in [-0.2, -0.15) is 0 Å². The number of rotatable bonds is 2. The molecule has 0 spiro atoms. The van der Waals surface area contributed by atoms with Gasteiger partial charge in [0.2, 0.25) is 0 Å². The second kappa shape index (κ2) is 4.07. The summed E-state index contributed by atoms with van der Waals surface area (Å²) in [5.74, 6) is -0.203. The highest BCUT2D eigenvalue weighted by Crippen LogP contribution is 2.26. The third kappa shape index (κ3) is 1.94. The van der Waals surface area contributed by atoms with Crippen LogP contribution in [0.4, 0.5) is 4.39 Å². The minimum atomic E-state index is -0.203. The summed E-state index contributed by atoms with van der Waals surface area (Å²) < 4.78 is 12.7. The predicted molar refractivity (Wildman–Crippen MR) is 52.4 cm³/mol. The topological polar surface area (TPSA) is 32.3 Å². The number of benzene rings is 1. The smallest absolute Gasteiger partial charge is 0.123 e. The van der Waals surface area contributed by atoms with Crippen molar-refractivity contribution < 1.29 is 9.50 Å². The van der Waals surface area contributed by atoms with E-state index in [1.54, 1.807) is 12.1 Å². The second-order valence-corrected chi connectivity index (χ2v) is 3.73. The van der Waals surface area contributed by atoms with E-state index in [1.165, 1.54) is 12.1 Å². The number of nitrogens with one attached hydrogen (secondary N) is 1. The van der Waals surface area contributed by atoms with Gasteiger partial charge in [-0.1, -0.05) is 12.1 Å². The summed E-state index contributed by atoms with van der Waals surface area (Å²) in [5, 5.41) is 12.3. The van der Waals surface area contributed by atoms with Crippen molar-refractivity contribution in [1.82, 2.24) is 5.32 Å². The van der Waals surface area contributed by atoms with Crippen molar-refractivity contribution in [3.8, 4) is 0 Å². The maximum atomic E-state index is 12.7. The number of hydrogen-bond acceptors (Lipinski definition) is 2. The molecule has 2 N–H and O–H groups in total. The van der Waals surface area contributed by atoms with Gasteiger partial charge >= 0.3 is 0 Å². The van der Waals surface area contributed by atoms with Crippen molar-refractivity contribution in [1.29, 1.82) is 0 Å². The number of aliphatic hydroxyl groups excluding tert-OH is 1. The number of hydrogen-bond donors (Lipinski definition) is 2. The monoisotopic (exact) mass is 195 g/mol. The highest BCUT2D eigenvalue weighted by atomic mass is 19.1. The van der Waals surface area contributed by atoms with Crippen molar-refractivity contribution in [2.24, 2.45) is 0 Å². The van der Waals surface area contributed by atoms with Gasteiger partial charge in [0.05, 0.1) is 6.61 Å². The molecule has 0 radical (unpaired) electrons. The van der Waals surface area contributed by atoms with E-state index in [0.717, 1.165) is 18.4 Å². The third-order valence-electron chi connectivity index (χ3n) is 2.73. The van der Waals surface area contributed by atoms with Crippen LogP contribution in [0.15, 0.2) is 24.3 Å². The van der Waals surface area contributed by atoms with Gasteiger partial charge < -0.3 is 10.4 Å². The van der Waals surface area contributed by atoms with Gasteiger partial charge in [0.15, 0.2) is 0 Å². The molecule has 0 unspecified atom stereocenters. The van der Waals surface area contributed by atoms with Crippen LogP contribution in [0.1, 0.15) is 24.4 Å². The SMILES string of the molecule is OC[C@H]1CC[C@H](c2ccc(F)cc2)N1. The zero-order valence-electron chi connectivity index (χ0n) is 7.91. The minimum absolute atomic E-state index is 0.178. The molecule has 1 aromatic rings. The summed E-state index contributed by atoms with van der Waals surface area (Å²) in [6.45, 7) is 0.178. The van der Waals surface area contributed by atoms with Crippen LogP contribution in [0.3, 0.4) is 0 Å². The van der Waals surface area contributed by atoms with Crippen LogP contribution in [0.2, 0.25) is 0 Å². The van der Waals surface area contributed by atoms with Crippen LogP contribution in [-0.2, 0) is 0 Å². The van der Waals surface area contributed by atoms with Crippen molar-refractivity contribution in [2.45, 2.75) is 24.9 Å². The van der Waals surface area contributed by atoms with Crippen molar-refractivity contribution in [3.63, 3.8) is 0 Å². The fourth-order valence-corrected chi connectivity index (χ4v) is 1.92. The molecule has 0 amide bonds. The largest absolute Gasteiger partial charge is 0.395 e. The Labute approximate surface area is 82.8 Å². The van der Waals surface area contributed by atoms with Crippen molar-refractivity contribution in [3.05, 3.63) is 35.6 Å². The molecule has 2 nitrogen and oxygen atoms in total. The lowest BCUT2D eigenvalue weighted by Crippen LogP contribution is -2.27. The van der Waals surface area contributed by atoms with E-state index in [4.69, 9.17) is 5.11 Å². The van der Waals surface area contributed by atoms with E-state index in [-0.39, 0.29) is 24.5 Å². The average Bonchev–Trinajstić information content (AvgIpc) is 2.67. The van der Waals surface area contributed by atoms with Crippen LogP contribution in [0.5, 0.6) is 0 Å². The van der Waals surface area contributed by atoms with E-state index in [2.05, 4.69) is 5.32 Å². The molecule has 0 bridgehead atoms. The summed E-state index contributed by atoms with van der Waals surface area (Å²) in [5.41, 5.74) is 1.10. The Morgan fingerprint density at radius 3 is 2.57 bits per heavy atom. The van der Waals surface area contributed by atoms with Crippen LogP contribution in [-0.4, -0.2) is 17.8 Å². The molecular formula is C11H14FNO. The predicted octanol–water partition coefficient (Wildman–Crippen LogP) is 1.61. The lowest BCUT2D eigenvalue weighted by Gasteiger charge is -2.12. The van der Waals surface area contributed by atoms with E-state index >= 15 is 0 Å². The second-order valence-electron chi connectivity index (χ2n) is 3.73. The molecule has 76 valence electrons. The fraction of sp³-hybridized carbons (Fsp3) is 0.455. The normalized spacial score (nSPS) is 26.7. The quantitative estimate of drug-likeness (QED) is 0.751. The molecular weight excluding hydrogens is 181 g/mol. The Morgan fingerprint density at radius 1 is 1.29 bits per heavy atom. The molecule has 2 atom stereocenters. The lowest BCUT2D eigenvalue weighted by molar-refractivity contribution is 0.251. The summed E-state index contributed by atoms with van der Waals surface area (Å²) in [7, 11) is 0. The molecule has 3 heteroatoms. The molecule has 1 heterocycles. The molecule has 1 saturated heterocycles. The summed E-state index contributed by atoms with van der Waals surface area (Å²) in [4.78, 5) is 0.